The van der Waals surface area contributed by atoms with E-state index in [1.54, 1.807) is 0 Å². The molecular formula is C4H5NO3. The van der Waals surface area contributed by atoms with E-state index in [1.807, 2.05) is 0 Å². The Morgan fingerprint density at radius 3 is 3.00 bits per heavy atom. The molecule has 0 saturated heterocycles. The van der Waals surface area contributed by atoms with Crippen LogP contribution in [0.4, 0.5) is 0 Å². The van der Waals surface area contributed by atoms with E-state index >= 15 is 0 Å². The normalized spacial score (nSPS) is 16.2. The zero-order chi connectivity index (χ0) is 5.98. The van der Waals surface area contributed by atoms with Crippen molar-refractivity contribution in [3.8, 4) is 0 Å². The molecule has 0 fully saturated rings. The number of nitrogens with one attached hydrogen (secondary N) is 1. The van der Waals surface area contributed by atoms with Crippen LogP contribution in [0.5, 0.6) is 0 Å². The number of carbonyl (C=O) groups is 1. The molecule has 1 aliphatic rings. The van der Waals surface area contributed by atoms with Crippen LogP contribution in [-0.2, 0) is 9.53 Å². The van der Waals surface area contributed by atoms with Crippen molar-refractivity contribution < 1.29 is 14.6 Å². The molecule has 0 atom stereocenters. The van der Waals surface area contributed by atoms with Crippen molar-refractivity contribution in [1.29, 1.82) is 0 Å². The molecule has 1 heterocycles. The Hall–Kier alpha value is -1.19. The number of ether oxygens (including phenoxy) is 1. The van der Waals surface area contributed by atoms with Crippen LogP contribution in [0.25, 0.3) is 0 Å². The van der Waals surface area contributed by atoms with Crippen LogP contribution in [0.15, 0.2) is 12.0 Å². The summed E-state index contributed by atoms with van der Waals surface area (Å²) in [5, 5.41) is 10.8. The van der Waals surface area contributed by atoms with Crippen LogP contribution in [0.3, 0.4) is 0 Å². The molecule has 0 spiro atoms. The number of carboxylic acids is 1. The number of hydrogen-bond donors (Lipinski definition) is 2. The van der Waals surface area contributed by atoms with Gasteiger partial charge in [-0.25, -0.2) is 4.79 Å². The first kappa shape index (κ1) is 4.96. The molecule has 0 aliphatic carbocycles. The monoisotopic (exact) mass is 115 g/mol. The Bertz CT molecular complexity index is 140. The smallest absolute Gasteiger partial charge is 0.372 e. The fraction of sp³-hybridized carbons (Fsp3) is 0.250. The molecule has 4 nitrogen and oxygen atoms in total. The molecule has 2 N–H and O–H groups in total. The van der Waals surface area contributed by atoms with Crippen LogP contribution >= 0.6 is 0 Å². The van der Waals surface area contributed by atoms with Crippen molar-refractivity contribution in [3.05, 3.63) is 12.0 Å². The first-order chi connectivity index (χ1) is 3.80. The summed E-state index contributed by atoms with van der Waals surface area (Å²) < 4.78 is 4.56. The number of aliphatic carboxylic acids is 1. The third kappa shape index (κ3) is 0.726. The molecule has 4 heteroatoms. The third-order valence-corrected chi connectivity index (χ3v) is 0.755. The number of carboxylic acid groups (broad SMARTS) is 1. The van der Waals surface area contributed by atoms with Crippen molar-refractivity contribution in [1.82, 2.24) is 5.32 Å². The van der Waals surface area contributed by atoms with Gasteiger partial charge in [-0.3, -0.25) is 0 Å². The molecule has 0 amide bonds. The summed E-state index contributed by atoms with van der Waals surface area (Å²) in [4.78, 5) is 9.97. The maximum atomic E-state index is 9.97. The maximum Gasteiger partial charge on any atom is 0.372 e. The van der Waals surface area contributed by atoms with E-state index in [0.29, 0.717) is 0 Å². The van der Waals surface area contributed by atoms with Gasteiger partial charge in [0.2, 0.25) is 5.76 Å². The average molecular weight is 115 g/mol. The van der Waals surface area contributed by atoms with E-state index in [4.69, 9.17) is 5.11 Å². The van der Waals surface area contributed by atoms with Gasteiger partial charge in [-0.1, -0.05) is 0 Å². The van der Waals surface area contributed by atoms with E-state index in [9.17, 15) is 4.79 Å². The highest BCUT2D eigenvalue weighted by atomic mass is 16.5. The van der Waals surface area contributed by atoms with Gasteiger partial charge in [-0.15, -0.1) is 0 Å². The number of hydrogen-bond acceptors (Lipinski definition) is 3. The average Bonchev–Trinajstić information content (AvgIpc) is 2.12. The highest BCUT2D eigenvalue weighted by Gasteiger charge is 2.11. The first-order valence-corrected chi connectivity index (χ1v) is 2.10. The lowest BCUT2D eigenvalue weighted by atomic mass is 10.6. The summed E-state index contributed by atoms with van der Waals surface area (Å²) in [6.45, 7) is 0.266. The number of rotatable bonds is 1. The quantitative estimate of drug-likeness (QED) is 0.483. The van der Waals surface area contributed by atoms with Gasteiger partial charge in [0.15, 0.2) is 6.73 Å². The Morgan fingerprint density at radius 1 is 2.00 bits per heavy atom. The fourth-order valence-corrected chi connectivity index (χ4v) is 0.419. The molecule has 0 unspecified atom stereocenters. The molecule has 8 heavy (non-hydrogen) atoms. The van der Waals surface area contributed by atoms with Crippen molar-refractivity contribution in [2.75, 3.05) is 6.73 Å². The molecule has 0 saturated carbocycles. The fourth-order valence-electron chi connectivity index (χ4n) is 0.419. The van der Waals surface area contributed by atoms with Gasteiger partial charge >= 0.3 is 5.97 Å². The van der Waals surface area contributed by atoms with Gasteiger partial charge in [0.1, 0.15) is 0 Å². The molecular weight excluding hydrogens is 110 g/mol. The highest BCUT2D eigenvalue weighted by molar-refractivity contribution is 5.84. The predicted octanol–water partition coefficient (Wildman–Crippen LogP) is -0.510. The van der Waals surface area contributed by atoms with Gasteiger partial charge in [-0.05, 0) is 0 Å². The molecule has 0 aromatic heterocycles. The van der Waals surface area contributed by atoms with E-state index < -0.39 is 5.97 Å². The molecule has 1 aliphatic heterocycles. The lowest BCUT2D eigenvalue weighted by molar-refractivity contribution is -0.136. The summed E-state index contributed by atoms with van der Waals surface area (Å²) in [5.41, 5.74) is 0. The van der Waals surface area contributed by atoms with Gasteiger partial charge in [0.05, 0.1) is 0 Å². The minimum atomic E-state index is -1.03. The molecule has 0 radical (unpaired) electrons. The lowest BCUT2D eigenvalue weighted by Gasteiger charge is -1.91. The van der Waals surface area contributed by atoms with E-state index in [2.05, 4.69) is 10.1 Å². The standard InChI is InChI=1S/C4H5NO3/c6-4(7)3-1-5-2-8-3/h1,5H,2H2,(H,6,7). The molecule has 0 aromatic carbocycles. The molecule has 0 aromatic rings. The van der Waals surface area contributed by atoms with Crippen LogP contribution in [0, 0.1) is 0 Å². The zero-order valence-electron chi connectivity index (χ0n) is 4.05. The summed E-state index contributed by atoms with van der Waals surface area (Å²) in [6.07, 6.45) is 1.32. The third-order valence-electron chi connectivity index (χ3n) is 0.755. The van der Waals surface area contributed by atoms with Gasteiger partial charge in [-0.2, -0.15) is 0 Å². The Balaban J connectivity index is 2.57. The van der Waals surface area contributed by atoms with Crippen LogP contribution in [0.2, 0.25) is 0 Å². The Morgan fingerprint density at radius 2 is 2.75 bits per heavy atom. The Labute approximate surface area is 45.8 Å². The zero-order valence-corrected chi connectivity index (χ0v) is 4.05. The summed E-state index contributed by atoms with van der Waals surface area (Å²) in [6, 6.07) is 0. The van der Waals surface area contributed by atoms with Crippen LogP contribution in [-0.4, -0.2) is 17.8 Å². The highest BCUT2D eigenvalue weighted by Crippen LogP contribution is 1.98. The second kappa shape index (κ2) is 1.73. The van der Waals surface area contributed by atoms with Crippen LogP contribution < -0.4 is 5.32 Å². The lowest BCUT2D eigenvalue weighted by Crippen LogP contribution is -2.01. The topological polar surface area (TPSA) is 58.6 Å². The first-order valence-electron chi connectivity index (χ1n) is 2.10. The van der Waals surface area contributed by atoms with Crippen molar-refractivity contribution in [2.24, 2.45) is 0 Å². The van der Waals surface area contributed by atoms with Crippen molar-refractivity contribution in [3.63, 3.8) is 0 Å². The minimum Gasteiger partial charge on any atom is -0.475 e. The summed E-state index contributed by atoms with van der Waals surface area (Å²) in [5.74, 6) is -1.06. The largest absolute Gasteiger partial charge is 0.475 e. The summed E-state index contributed by atoms with van der Waals surface area (Å²) in [7, 11) is 0. The van der Waals surface area contributed by atoms with Gasteiger partial charge < -0.3 is 15.2 Å². The van der Waals surface area contributed by atoms with E-state index in [1.165, 1.54) is 6.20 Å². The van der Waals surface area contributed by atoms with Crippen molar-refractivity contribution >= 4 is 5.97 Å². The summed E-state index contributed by atoms with van der Waals surface area (Å²) >= 11 is 0. The predicted molar refractivity (Wildman–Crippen MR) is 24.8 cm³/mol. The minimum absolute atomic E-state index is 0.0231. The van der Waals surface area contributed by atoms with Crippen molar-refractivity contribution in [2.45, 2.75) is 0 Å². The molecule has 44 valence electrons. The second-order valence-corrected chi connectivity index (χ2v) is 1.31. The molecule has 1 rings (SSSR count). The SMILES string of the molecule is O=C(O)C1=CNCO1. The van der Waals surface area contributed by atoms with E-state index in [-0.39, 0.29) is 12.5 Å². The van der Waals surface area contributed by atoms with E-state index in [0.717, 1.165) is 0 Å². The molecule has 0 bridgehead atoms. The van der Waals surface area contributed by atoms with Gasteiger partial charge in [0.25, 0.3) is 0 Å². The second-order valence-electron chi connectivity index (χ2n) is 1.31. The van der Waals surface area contributed by atoms with Gasteiger partial charge in [0, 0.05) is 6.20 Å². The Kier molecular flexibility index (Phi) is 1.07. The van der Waals surface area contributed by atoms with Crippen LogP contribution in [0.1, 0.15) is 0 Å². The maximum absolute atomic E-state index is 9.97.